The smallest absolute Gasteiger partial charge is 0.329 e. The van der Waals surface area contributed by atoms with E-state index in [0.29, 0.717) is 6.54 Å². The highest BCUT2D eigenvalue weighted by Crippen LogP contribution is 2.12. The van der Waals surface area contributed by atoms with Crippen LogP contribution >= 0.6 is 11.3 Å². The zero-order chi connectivity index (χ0) is 15.7. The molecule has 0 radical (unpaired) electrons. The first kappa shape index (κ1) is 14.6. The van der Waals surface area contributed by atoms with Crippen molar-refractivity contribution < 1.29 is 4.79 Å². The molecular weight excluding hydrogens is 298 g/mol. The molecule has 5 nitrogen and oxygen atoms in total. The predicted octanol–water partition coefficient (Wildman–Crippen LogP) is 2.06. The van der Waals surface area contributed by atoms with Crippen LogP contribution in [-0.4, -0.2) is 27.0 Å². The quantitative estimate of drug-likeness (QED) is 0.740. The van der Waals surface area contributed by atoms with Gasteiger partial charge in [0.05, 0.1) is 11.0 Å². The molecule has 6 heteroatoms. The van der Waals surface area contributed by atoms with Gasteiger partial charge in [-0.05, 0) is 34.5 Å². The van der Waals surface area contributed by atoms with Crippen LogP contribution < -0.4 is 5.69 Å². The van der Waals surface area contributed by atoms with Crippen LogP contribution in [-0.2, 0) is 24.9 Å². The number of nitrogens with zero attached hydrogens (tertiary/aromatic N) is 3. The van der Waals surface area contributed by atoms with E-state index in [0.717, 1.165) is 16.6 Å². The molecule has 0 N–H and O–H groups in total. The van der Waals surface area contributed by atoms with E-state index in [4.69, 9.17) is 0 Å². The average molecular weight is 315 g/mol. The van der Waals surface area contributed by atoms with Crippen LogP contribution in [0.3, 0.4) is 0 Å². The van der Waals surface area contributed by atoms with Gasteiger partial charge in [0.15, 0.2) is 0 Å². The van der Waals surface area contributed by atoms with Crippen molar-refractivity contribution in [2.75, 3.05) is 7.05 Å². The number of hydrogen-bond donors (Lipinski definition) is 0. The van der Waals surface area contributed by atoms with Crippen LogP contribution in [0.1, 0.15) is 5.56 Å². The van der Waals surface area contributed by atoms with Gasteiger partial charge in [-0.25, -0.2) is 4.79 Å². The number of thiophene rings is 1. The highest BCUT2D eigenvalue weighted by atomic mass is 32.1. The highest BCUT2D eigenvalue weighted by molar-refractivity contribution is 7.07. The SMILES string of the molecule is CN(Cc1ccsc1)C(=O)Cn1c(=O)n(C)c2ccccc21. The predicted molar refractivity (Wildman–Crippen MR) is 88.0 cm³/mol. The van der Waals surface area contributed by atoms with Crippen molar-refractivity contribution in [2.24, 2.45) is 7.05 Å². The summed E-state index contributed by atoms with van der Waals surface area (Å²) in [4.78, 5) is 26.4. The number of aromatic nitrogens is 2. The second-order valence-corrected chi connectivity index (χ2v) is 6.08. The Bertz CT molecular complexity index is 861. The summed E-state index contributed by atoms with van der Waals surface area (Å²) in [6, 6.07) is 9.50. The van der Waals surface area contributed by atoms with Gasteiger partial charge in [0.2, 0.25) is 5.91 Å². The Labute approximate surface area is 132 Å². The first-order chi connectivity index (χ1) is 10.6. The van der Waals surface area contributed by atoms with E-state index in [1.165, 1.54) is 4.57 Å². The summed E-state index contributed by atoms with van der Waals surface area (Å²) in [6.45, 7) is 0.614. The van der Waals surface area contributed by atoms with Gasteiger partial charge in [-0.15, -0.1) is 0 Å². The third-order valence-corrected chi connectivity index (χ3v) is 4.50. The molecule has 3 rings (SSSR count). The molecule has 0 atom stereocenters. The second kappa shape index (κ2) is 5.81. The van der Waals surface area contributed by atoms with Gasteiger partial charge in [-0.2, -0.15) is 11.3 Å². The number of rotatable bonds is 4. The summed E-state index contributed by atoms with van der Waals surface area (Å²) in [5.74, 6) is -0.0790. The number of benzene rings is 1. The molecule has 0 unspecified atom stereocenters. The molecule has 0 aliphatic rings. The largest absolute Gasteiger partial charge is 0.340 e. The Morgan fingerprint density at radius 3 is 2.64 bits per heavy atom. The molecule has 22 heavy (non-hydrogen) atoms. The zero-order valence-corrected chi connectivity index (χ0v) is 13.3. The molecule has 114 valence electrons. The van der Waals surface area contributed by atoms with Gasteiger partial charge in [-0.1, -0.05) is 12.1 Å². The topological polar surface area (TPSA) is 47.2 Å². The van der Waals surface area contributed by atoms with Crippen LogP contribution in [0, 0.1) is 0 Å². The van der Waals surface area contributed by atoms with Crippen molar-refractivity contribution in [3.05, 3.63) is 57.1 Å². The number of para-hydroxylation sites is 2. The second-order valence-electron chi connectivity index (χ2n) is 5.30. The fourth-order valence-electron chi connectivity index (χ4n) is 2.52. The first-order valence-corrected chi connectivity index (χ1v) is 7.91. The third kappa shape index (κ3) is 2.57. The number of likely N-dealkylation sites (N-methyl/N-ethyl adjacent to an activating group) is 1. The molecule has 0 aliphatic carbocycles. The van der Waals surface area contributed by atoms with E-state index in [1.54, 1.807) is 34.9 Å². The Morgan fingerprint density at radius 2 is 1.95 bits per heavy atom. The summed E-state index contributed by atoms with van der Waals surface area (Å²) >= 11 is 1.61. The molecule has 3 aromatic rings. The normalized spacial score (nSPS) is 11.0. The summed E-state index contributed by atoms with van der Waals surface area (Å²) in [6.07, 6.45) is 0. The van der Waals surface area contributed by atoms with Gasteiger partial charge >= 0.3 is 5.69 Å². The molecule has 0 saturated carbocycles. The molecule has 0 aliphatic heterocycles. The van der Waals surface area contributed by atoms with Gasteiger partial charge in [0, 0.05) is 20.6 Å². The summed E-state index contributed by atoms with van der Waals surface area (Å²) in [7, 11) is 3.48. The van der Waals surface area contributed by atoms with E-state index in [-0.39, 0.29) is 18.1 Å². The van der Waals surface area contributed by atoms with Crippen LogP contribution in [0.4, 0.5) is 0 Å². The van der Waals surface area contributed by atoms with Crippen LogP contribution in [0.25, 0.3) is 11.0 Å². The van der Waals surface area contributed by atoms with Gasteiger partial charge in [0.1, 0.15) is 6.54 Å². The Kier molecular flexibility index (Phi) is 3.85. The van der Waals surface area contributed by atoms with Crippen molar-refractivity contribution in [1.29, 1.82) is 0 Å². The highest BCUT2D eigenvalue weighted by Gasteiger charge is 2.16. The molecule has 2 heterocycles. The Hall–Kier alpha value is -2.34. The lowest BCUT2D eigenvalue weighted by Gasteiger charge is -2.16. The van der Waals surface area contributed by atoms with Crippen molar-refractivity contribution in [2.45, 2.75) is 13.1 Å². The van der Waals surface area contributed by atoms with Crippen molar-refractivity contribution in [1.82, 2.24) is 14.0 Å². The maximum atomic E-state index is 12.4. The minimum absolute atomic E-state index is 0.0564. The number of carbonyl (C=O) groups is 1. The minimum Gasteiger partial charge on any atom is -0.340 e. The summed E-state index contributed by atoms with van der Waals surface area (Å²) in [5, 5.41) is 4.01. The minimum atomic E-state index is -0.168. The molecular formula is C16H17N3O2S. The molecule has 1 amide bonds. The van der Waals surface area contributed by atoms with E-state index < -0.39 is 0 Å². The molecule has 2 aromatic heterocycles. The van der Waals surface area contributed by atoms with E-state index in [1.807, 2.05) is 41.1 Å². The number of hydrogen-bond acceptors (Lipinski definition) is 3. The lowest BCUT2D eigenvalue weighted by Crippen LogP contribution is -2.33. The molecule has 0 spiro atoms. The van der Waals surface area contributed by atoms with Crippen molar-refractivity contribution >= 4 is 28.3 Å². The summed E-state index contributed by atoms with van der Waals surface area (Å²) < 4.78 is 3.10. The number of fused-ring (bicyclic) bond motifs is 1. The van der Waals surface area contributed by atoms with Crippen LogP contribution in [0.2, 0.25) is 0 Å². The van der Waals surface area contributed by atoms with Gasteiger partial charge < -0.3 is 4.90 Å². The van der Waals surface area contributed by atoms with Gasteiger partial charge in [0.25, 0.3) is 0 Å². The fraction of sp³-hybridized carbons (Fsp3) is 0.250. The van der Waals surface area contributed by atoms with E-state index in [9.17, 15) is 9.59 Å². The Balaban J connectivity index is 1.85. The summed E-state index contributed by atoms with van der Waals surface area (Å²) in [5.41, 5.74) is 2.55. The number of imidazole rings is 1. The maximum Gasteiger partial charge on any atom is 0.329 e. The van der Waals surface area contributed by atoms with Gasteiger partial charge in [-0.3, -0.25) is 13.9 Å². The number of carbonyl (C=O) groups excluding carboxylic acids is 1. The molecule has 0 saturated heterocycles. The number of aryl methyl sites for hydroxylation is 1. The maximum absolute atomic E-state index is 12.4. The first-order valence-electron chi connectivity index (χ1n) is 6.97. The van der Waals surface area contributed by atoms with Crippen molar-refractivity contribution in [3.8, 4) is 0 Å². The number of amides is 1. The standard InChI is InChI=1S/C16H17N3O2S/c1-17(9-12-7-8-22-11-12)15(20)10-19-14-6-4-3-5-13(14)18(2)16(19)21/h3-8,11H,9-10H2,1-2H3. The van der Waals surface area contributed by atoms with Crippen molar-refractivity contribution in [3.63, 3.8) is 0 Å². The lowest BCUT2D eigenvalue weighted by molar-refractivity contribution is -0.131. The molecule has 0 bridgehead atoms. The van der Waals surface area contributed by atoms with E-state index in [2.05, 4.69) is 0 Å². The average Bonchev–Trinajstić information content (AvgIpc) is 3.10. The van der Waals surface area contributed by atoms with E-state index >= 15 is 0 Å². The van der Waals surface area contributed by atoms with Crippen LogP contribution in [0.5, 0.6) is 0 Å². The zero-order valence-electron chi connectivity index (χ0n) is 12.5. The fourth-order valence-corrected chi connectivity index (χ4v) is 3.18. The monoisotopic (exact) mass is 315 g/mol. The molecule has 0 fully saturated rings. The lowest BCUT2D eigenvalue weighted by atomic mass is 10.3. The molecule has 1 aromatic carbocycles. The Morgan fingerprint density at radius 1 is 1.23 bits per heavy atom. The third-order valence-electron chi connectivity index (χ3n) is 3.77. The van der Waals surface area contributed by atoms with Crippen LogP contribution in [0.15, 0.2) is 45.9 Å².